The summed E-state index contributed by atoms with van der Waals surface area (Å²) in [4.78, 5) is 11.5. The number of anilines is 1. The van der Waals surface area contributed by atoms with Crippen LogP contribution in [0.4, 0.5) is 23.2 Å². The molecular weight excluding hydrogens is 284 g/mol. The predicted octanol–water partition coefficient (Wildman–Crippen LogP) is 2.71. The number of thiocarbonyl (C=S) groups is 1. The molecule has 0 aliphatic heterocycles. The second-order valence-electron chi connectivity index (χ2n) is 3.81. The highest BCUT2D eigenvalue weighted by atomic mass is 32.1. The summed E-state index contributed by atoms with van der Waals surface area (Å²) in [7, 11) is 0. The Morgan fingerprint density at radius 3 is 2.47 bits per heavy atom. The maximum atomic E-state index is 13.0. The molecule has 0 spiro atoms. The molecule has 0 bridgehead atoms. The van der Waals surface area contributed by atoms with Crippen molar-refractivity contribution in [2.24, 2.45) is 11.7 Å². The number of nitrogens with one attached hydrogen (secondary N) is 1. The smallest absolute Gasteiger partial charge is 0.393 e. The fraction of sp³-hybridized carbons (Fsp3) is 0.273. The van der Waals surface area contributed by atoms with Gasteiger partial charge < -0.3 is 11.1 Å². The van der Waals surface area contributed by atoms with E-state index in [-0.39, 0.29) is 10.7 Å². The van der Waals surface area contributed by atoms with Crippen LogP contribution in [0.25, 0.3) is 0 Å². The first-order valence-corrected chi connectivity index (χ1v) is 5.50. The Morgan fingerprint density at radius 2 is 2.00 bits per heavy atom. The van der Waals surface area contributed by atoms with Gasteiger partial charge in [-0.25, -0.2) is 4.39 Å². The molecule has 0 saturated heterocycles. The third kappa shape index (κ3) is 3.88. The van der Waals surface area contributed by atoms with Crippen LogP contribution < -0.4 is 11.1 Å². The Balaban J connectivity index is 2.98. The monoisotopic (exact) mass is 294 g/mol. The van der Waals surface area contributed by atoms with Crippen molar-refractivity contribution in [3.8, 4) is 0 Å². The van der Waals surface area contributed by atoms with Crippen molar-refractivity contribution in [1.82, 2.24) is 0 Å². The van der Waals surface area contributed by atoms with Crippen molar-refractivity contribution in [2.45, 2.75) is 13.1 Å². The van der Waals surface area contributed by atoms with Crippen molar-refractivity contribution >= 4 is 28.8 Å². The molecule has 1 rings (SSSR count). The number of halogens is 4. The maximum Gasteiger partial charge on any atom is 0.419 e. The lowest BCUT2D eigenvalue weighted by Crippen LogP contribution is -2.30. The molecule has 104 valence electrons. The lowest BCUT2D eigenvalue weighted by Gasteiger charge is -2.13. The minimum Gasteiger partial charge on any atom is -0.393 e. The molecule has 0 heterocycles. The highest BCUT2D eigenvalue weighted by molar-refractivity contribution is 7.80. The van der Waals surface area contributed by atoms with E-state index in [4.69, 9.17) is 5.73 Å². The minimum absolute atomic E-state index is 0.0874. The molecule has 0 fully saturated rings. The normalized spacial score (nSPS) is 12.9. The number of hydrogen-bond donors (Lipinski definition) is 2. The molecule has 3 nitrogen and oxygen atoms in total. The molecule has 1 unspecified atom stereocenters. The standard InChI is InChI=1S/C11H10F4N2OS/c1-5(9(16)19)10(18)17-6-2-3-8(12)7(4-6)11(13,14)15/h2-5H,1H3,(H2,16,19)(H,17,18). The van der Waals surface area contributed by atoms with Gasteiger partial charge >= 0.3 is 6.18 Å². The van der Waals surface area contributed by atoms with Crippen molar-refractivity contribution in [3.05, 3.63) is 29.6 Å². The second kappa shape index (κ2) is 5.52. The molecule has 0 aliphatic carbocycles. The number of benzene rings is 1. The number of hydrogen-bond acceptors (Lipinski definition) is 2. The van der Waals surface area contributed by atoms with Gasteiger partial charge in [0.1, 0.15) is 5.82 Å². The molecule has 1 atom stereocenters. The van der Waals surface area contributed by atoms with Gasteiger partial charge in [0, 0.05) is 5.69 Å². The van der Waals surface area contributed by atoms with Crippen LogP contribution in [0, 0.1) is 11.7 Å². The number of alkyl halides is 3. The molecule has 1 aromatic carbocycles. The molecular formula is C11H10F4N2OS. The maximum absolute atomic E-state index is 13.0. The summed E-state index contributed by atoms with van der Waals surface area (Å²) < 4.78 is 50.4. The molecule has 0 saturated carbocycles. The zero-order valence-corrected chi connectivity index (χ0v) is 10.5. The van der Waals surface area contributed by atoms with Gasteiger partial charge in [-0.3, -0.25) is 4.79 Å². The largest absolute Gasteiger partial charge is 0.419 e. The minimum atomic E-state index is -4.83. The van der Waals surface area contributed by atoms with Gasteiger partial charge in [0.2, 0.25) is 5.91 Å². The van der Waals surface area contributed by atoms with Gasteiger partial charge in [0.15, 0.2) is 0 Å². The van der Waals surface area contributed by atoms with Gasteiger partial charge in [0.05, 0.1) is 16.5 Å². The summed E-state index contributed by atoms with van der Waals surface area (Å²) in [5, 5.41) is 2.19. The third-order valence-corrected chi connectivity index (χ3v) is 2.71. The Bertz CT molecular complexity index is 516. The fourth-order valence-electron chi connectivity index (χ4n) is 1.20. The van der Waals surface area contributed by atoms with E-state index in [1.165, 1.54) is 6.92 Å². The average Bonchev–Trinajstić information content (AvgIpc) is 2.28. The van der Waals surface area contributed by atoms with Gasteiger partial charge in [-0.1, -0.05) is 12.2 Å². The Labute approximate surface area is 111 Å². The molecule has 1 amide bonds. The van der Waals surface area contributed by atoms with Crippen molar-refractivity contribution in [1.29, 1.82) is 0 Å². The van der Waals surface area contributed by atoms with Crippen LogP contribution in [0.3, 0.4) is 0 Å². The van der Waals surface area contributed by atoms with E-state index in [9.17, 15) is 22.4 Å². The highest BCUT2D eigenvalue weighted by Crippen LogP contribution is 2.33. The van der Waals surface area contributed by atoms with Crippen LogP contribution in [0.5, 0.6) is 0 Å². The third-order valence-electron chi connectivity index (χ3n) is 2.36. The first-order chi connectivity index (χ1) is 8.62. The van der Waals surface area contributed by atoms with Gasteiger partial charge in [-0.05, 0) is 25.1 Å². The van der Waals surface area contributed by atoms with Crippen molar-refractivity contribution < 1.29 is 22.4 Å². The van der Waals surface area contributed by atoms with E-state index in [1.807, 2.05) is 0 Å². The Kier molecular flexibility index (Phi) is 4.46. The van der Waals surface area contributed by atoms with Crippen LogP contribution in [0.1, 0.15) is 12.5 Å². The van der Waals surface area contributed by atoms with Crippen LogP contribution >= 0.6 is 12.2 Å². The topological polar surface area (TPSA) is 55.1 Å². The summed E-state index contributed by atoms with van der Waals surface area (Å²) in [5.74, 6) is -2.91. The van der Waals surface area contributed by atoms with E-state index in [0.717, 1.165) is 6.07 Å². The van der Waals surface area contributed by atoms with Gasteiger partial charge in [0.25, 0.3) is 0 Å². The molecule has 1 aromatic rings. The first-order valence-electron chi connectivity index (χ1n) is 5.10. The predicted molar refractivity (Wildman–Crippen MR) is 66.0 cm³/mol. The molecule has 0 aliphatic rings. The SMILES string of the molecule is CC(C(=O)Nc1ccc(F)c(C(F)(F)F)c1)C(N)=S. The summed E-state index contributed by atoms with van der Waals surface area (Å²) in [5.41, 5.74) is 3.61. The molecule has 8 heteroatoms. The Morgan fingerprint density at radius 1 is 1.42 bits per heavy atom. The van der Waals surface area contributed by atoms with E-state index >= 15 is 0 Å². The lowest BCUT2D eigenvalue weighted by molar-refractivity contribution is -0.140. The quantitative estimate of drug-likeness (QED) is 0.665. The number of amides is 1. The van der Waals surface area contributed by atoms with Crippen molar-refractivity contribution in [3.63, 3.8) is 0 Å². The molecule has 19 heavy (non-hydrogen) atoms. The summed E-state index contributed by atoms with van der Waals surface area (Å²) >= 11 is 4.59. The van der Waals surface area contributed by atoms with Crippen molar-refractivity contribution in [2.75, 3.05) is 5.32 Å². The van der Waals surface area contributed by atoms with Crippen LogP contribution in [-0.2, 0) is 11.0 Å². The molecule has 0 aromatic heterocycles. The van der Waals surface area contributed by atoms with Gasteiger partial charge in [-0.15, -0.1) is 0 Å². The lowest BCUT2D eigenvalue weighted by atomic mass is 10.1. The van der Waals surface area contributed by atoms with Crippen LogP contribution in [0.2, 0.25) is 0 Å². The average molecular weight is 294 g/mol. The van der Waals surface area contributed by atoms with Crippen LogP contribution in [0.15, 0.2) is 18.2 Å². The molecule has 0 radical (unpaired) electrons. The number of rotatable bonds is 3. The summed E-state index contributed by atoms with van der Waals surface area (Å²) in [6.07, 6.45) is -4.83. The summed E-state index contributed by atoms with van der Waals surface area (Å²) in [6, 6.07) is 2.16. The zero-order valence-electron chi connectivity index (χ0n) is 9.72. The van der Waals surface area contributed by atoms with Crippen LogP contribution in [-0.4, -0.2) is 10.9 Å². The van der Waals surface area contributed by atoms with Gasteiger partial charge in [-0.2, -0.15) is 13.2 Å². The van der Waals surface area contributed by atoms with E-state index in [0.29, 0.717) is 12.1 Å². The highest BCUT2D eigenvalue weighted by Gasteiger charge is 2.34. The molecule has 3 N–H and O–H groups in total. The number of nitrogens with two attached hydrogens (primary N) is 1. The Hall–Kier alpha value is -1.70. The first kappa shape index (κ1) is 15.4. The van der Waals surface area contributed by atoms with E-state index < -0.39 is 29.4 Å². The fourth-order valence-corrected chi connectivity index (χ4v) is 1.31. The zero-order chi connectivity index (χ0) is 14.8. The van der Waals surface area contributed by atoms with E-state index in [1.54, 1.807) is 0 Å². The number of carbonyl (C=O) groups excluding carboxylic acids is 1. The second-order valence-corrected chi connectivity index (χ2v) is 4.28. The van der Waals surface area contributed by atoms with E-state index in [2.05, 4.69) is 17.5 Å². The summed E-state index contributed by atoms with van der Waals surface area (Å²) in [6.45, 7) is 1.41. The number of carbonyl (C=O) groups is 1.